The average molecular weight is 508 g/mol. The number of pyridine rings is 1. The van der Waals surface area contributed by atoms with Crippen LogP contribution in [0.2, 0.25) is 0 Å². The summed E-state index contributed by atoms with van der Waals surface area (Å²) in [6.45, 7) is 7.70. The lowest BCUT2D eigenvalue weighted by Crippen LogP contribution is -2.23. The van der Waals surface area contributed by atoms with E-state index in [1.165, 1.54) is 43.2 Å². The highest BCUT2D eigenvalue weighted by Crippen LogP contribution is 2.43. The van der Waals surface area contributed by atoms with Gasteiger partial charge in [-0.05, 0) is 69.7 Å². The van der Waals surface area contributed by atoms with Gasteiger partial charge in [-0.3, -0.25) is 4.98 Å². The van der Waals surface area contributed by atoms with Gasteiger partial charge in [-0.25, -0.2) is 0 Å². The maximum absolute atomic E-state index is 10.6. The molecule has 0 saturated heterocycles. The predicted octanol–water partition coefficient (Wildman–Crippen LogP) is 7.94. The first-order chi connectivity index (χ1) is 18.3. The molecule has 1 aliphatic carbocycles. The number of rotatable bonds is 6. The molecule has 0 unspecified atom stereocenters. The van der Waals surface area contributed by atoms with E-state index in [4.69, 9.17) is 9.51 Å². The van der Waals surface area contributed by atoms with Crippen molar-refractivity contribution >= 4 is 21.9 Å². The Morgan fingerprint density at radius 2 is 1.76 bits per heavy atom. The molecular formula is C33H37N3O2. The molecule has 1 saturated carbocycles. The van der Waals surface area contributed by atoms with E-state index >= 15 is 0 Å². The van der Waals surface area contributed by atoms with Crippen molar-refractivity contribution in [3.63, 3.8) is 0 Å². The van der Waals surface area contributed by atoms with Crippen molar-refractivity contribution in [1.82, 2.24) is 14.7 Å². The molecule has 38 heavy (non-hydrogen) atoms. The lowest BCUT2D eigenvalue weighted by atomic mass is 9.80. The Labute approximate surface area is 224 Å². The second-order valence-corrected chi connectivity index (χ2v) is 11.8. The van der Waals surface area contributed by atoms with E-state index in [0.717, 1.165) is 44.6 Å². The van der Waals surface area contributed by atoms with Crippen molar-refractivity contribution in [2.45, 2.75) is 77.9 Å². The maximum atomic E-state index is 10.6. The van der Waals surface area contributed by atoms with E-state index in [-0.39, 0.29) is 6.04 Å². The first-order valence-corrected chi connectivity index (χ1v) is 13.9. The first kappa shape index (κ1) is 24.9. The zero-order valence-electron chi connectivity index (χ0n) is 22.9. The minimum Gasteiger partial charge on any atom is -0.390 e. The van der Waals surface area contributed by atoms with Crippen LogP contribution < -0.4 is 0 Å². The molecule has 5 nitrogen and oxygen atoms in total. The summed E-state index contributed by atoms with van der Waals surface area (Å²) in [6.07, 6.45) is 8.87. The summed E-state index contributed by atoms with van der Waals surface area (Å²) in [5.74, 6) is 1.36. The highest BCUT2D eigenvalue weighted by Gasteiger charge is 2.30. The van der Waals surface area contributed by atoms with Gasteiger partial charge in [-0.1, -0.05) is 66.9 Å². The fraction of sp³-hybridized carbons (Fsp3) is 0.394. The number of aromatic nitrogens is 3. The average Bonchev–Trinajstić information content (AvgIpc) is 3.40. The summed E-state index contributed by atoms with van der Waals surface area (Å²) >= 11 is 0. The van der Waals surface area contributed by atoms with Crippen LogP contribution in [0.15, 0.2) is 65.3 Å². The zero-order chi connectivity index (χ0) is 26.4. The molecule has 1 N–H and O–H groups in total. The van der Waals surface area contributed by atoms with Gasteiger partial charge in [0.25, 0.3) is 0 Å². The molecule has 196 valence electrons. The Morgan fingerprint density at radius 3 is 2.45 bits per heavy atom. The van der Waals surface area contributed by atoms with Crippen molar-refractivity contribution in [2.24, 2.45) is 5.92 Å². The van der Waals surface area contributed by atoms with Crippen molar-refractivity contribution in [1.29, 1.82) is 0 Å². The third kappa shape index (κ3) is 4.54. The number of fused-ring (bicyclic) bond motifs is 3. The van der Waals surface area contributed by atoms with E-state index in [1.54, 1.807) is 0 Å². The molecular weight excluding hydrogens is 470 g/mol. The number of hydrogen-bond donors (Lipinski definition) is 1. The first-order valence-electron chi connectivity index (χ1n) is 13.9. The van der Waals surface area contributed by atoms with E-state index in [1.807, 2.05) is 33.9 Å². The SMILES string of the molecule is Cc1noc(C)c1-c1cnc2c3ccc(CC(C)(C)O)cc3n([C@H](c3ccccc3)C3CCCCC3)c2c1. The molecule has 5 heteroatoms. The Morgan fingerprint density at radius 1 is 1.00 bits per heavy atom. The molecule has 0 amide bonds. The highest BCUT2D eigenvalue weighted by molar-refractivity contribution is 6.07. The summed E-state index contributed by atoms with van der Waals surface area (Å²) in [7, 11) is 0. The Kier molecular flexibility index (Phi) is 6.35. The van der Waals surface area contributed by atoms with Gasteiger partial charge in [0.15, 0.2) is 0 Å². The monoisotopic (exact) mass is 507 g/mol. The summed E-state index contributed by atoms with van der Waals surface area (Å²) in [5.41, 5.74) is 7.97. The van der Waals surface area contributed by atoms with Crippen LogP contribution in [0.5, 0.6) is 0 Å². The fourth-order valence-electron chi connectivity index (χ4n) is 6.62. The minimum absolute atomic E-state index is 0.204. The fourth-order valence-corrected chi connectivity index (χ4v) is 6.62. The van der Waals surface area contributed by atoms with Crippen LogP contribution >= 0.6 is 0 Å². The second-order valence-electron chi connectivity index (χ2n) is 11.8. The second kappa shape index (κ2) is 9.70. The largest absolute Gasteiger partial charge is 0.390 e. The molecule has 0 aliphatic heterocycles. The van der Waals surface area contributed by atoms with Crippen LogP contribution in [0.25, 0.3) is 33.1 Å². The van der Waals surface area contributed by atoms with Crippen molar-refractivity contribution in [3.05, 3.63) is 83.4 Å². The van der Waals surface area contributed by atoms with Gasteiger partial charge in [-0.2, -0.15) is 0 Å². The zero-order valence-corrected chi connectivity index (χ0v) is 22.9. The summed E-state index contributed by atoms with van der Waals surface area (Å²) in [5, 5.41) is 16.0. The lowest BCUT2D eigenvalue weighted by molar-refractivity contribution is 0.0810. The molecule has 6 rings (SSSR count). The van der Waals surface area contributed by atoms with Crippen LogP contribution in [-0.2, 0) is 6.42 Å². The molecule has 3 aromatic heterocycles. The lowest BCUT2D eigenvalue weighted by Gasteiger charge is -2.33. The Bertz CT molecular complexity index is 1560. The summed E-state index contributed by atoms with van der Waals surface area (Å²) < 4.78 is 8.07. The van der Waals surface area contributed by atoms with Crippen LogP contribution in [0, 0.1) is 19.8 Å². The van der Waals surface area contributed by atoms with Gasteiger partial charge in [0, 0.05) is 29.1 Å². The van der Waals surface area contributed by atoms with Crippen molar-refractivity contribution in [2.75, 3.05) is 0 Å². The molecule has 0 spiro atoms. The molecule has 2 aromatic carbocycles. The molecule has 1 atom stereocenters. The highest BCUT2D eigenvalue weighted by atomic mass is 16.5. The van der Waals surface area contributed by atoms with E-state index in [2.05, 4.69) is 64.3 Å². The van der Waals surface area contributed by atoms with E-state index in [9.17, 15) is 5.11 Å². The standard InChI is InChI=1S/C33H37N3O2/c1-21-30(22(2)38-35-21)26-18-29-31(34-20-26)27-16-15-23(19-33(3,4)37)17-28(27)36(29)32(24-11-7-5-8-12-24)25-13-9-6-10-14-25/h5,7-8,11-12,15-18,20,25,32,37H,6,9-10,13-14,19H2,1-4H3/t32-/m1/s1. The number of aliphatic hydroxyl groups is 1. The minimum atomic E-state index is -0.776. The molecule has 0 bridgehead atoms. The van der Waals surface area contributed by atoms with Crippen LogP contribution in [-0.4, -0.2) is 25.4 Å². The number of nitrogens with zero attached hydrogens (tertiary/aromatic N) is 3. The number of hydrogen-bond acceptors (Lipinski definition) is 4. The smallest absolute Gasteiger partial charge is 0.141 e. The summed E-state index contributed by atoms with van der Waals surface area (Å²) in [4.78, 5) is 5.05. The Hall–Kier alpha value is -3.44. The number of benzene rings is 2. The predicted molar refractivity (Wildman–Crippen MR) is 153 cm³/mol. The molecule has 5 aromatic rings. The quantitative estimate of drug-likeness (QED) is 0.253. The van der Waals surface area contributed by atoms with Gasteiger partial charge in [0.2, 0.25) is 0 Å². The van der Waals surface area contributed by atoms with Crippen molar-refractivity contribution in [3.8, 4) is 11.1 Å². The Balaban J connectivity index is 1.66. The third-order valence-corrected chi connectivity index (χ3v) is 8.18. The van der Waals surface area contributed by atoms with Crippen LogP contribution in [0.1, 0.15) is 74.6 Å². The van der Waals surface area contributed by atoms with Gasteiger partial charge in [0.05, 0.1) is 33.9 Å². The van der Waals surface area contributed by atoms with Gasteiger partial charge in [-0.15, -0.1) is 0 Å². The van der Waals surface area contributed by atoms with Crippen molar-refractivity contribution < 1.29 is 9.63 Å². The van der Waals surface area contributed by atoms with E-state index < -0.39 is 5.60 Å². The van der Waals surface area contributed by atoms with Gasteiger partial charge >= 0.3 is 0 Å². The van der Waals surface area contributed by atoms with E-state index in [0.29, 0.717) is 12.3 Å². The summed E-state index contributed by atoms with van der Waals surface area (Å²) in [6, 6.07) is 20.1. The van der Waals surface area contributed by atoms with Gasteiger partial charge < -0.3 is 14.2 Å². The maximum Gasteiger partial charge on any atom is 0.141 e. The molecule has 1 aliphatic rings. The van der Waals surface area contributed by atoms with Crippen LogP contribution in [0.3, 0.4) is 0 Å². The van der Waals surface area contributed by atoms with Crippen LogP contribution in [0.4, 0.5) is 0 Å². The van der Waals surface area contributed by atoms with Gasteiger partial charge in [0.1, 0.15) is 5.76 Å². The normalized spacial score (nSPS) is 15.9. The molecule has 3 heterocycles. The topological polar surface area (TPSA) is 64.1 Å². The third-order valence-electron chi connectivity index (χ3n) is 8.18. The number of aryl methyl sites for hydroxylation is 2. The molecule has 1 fully saturated rings. The molecule has 0 radical (unpaired) electrons.